The van der Waals surface area contributed by atoms with Gasteiger partial charge in [0, 0.05) is 22.2 Å². The van der Waals surface area contributed by atoms with Gasteiger partial charge in [-0.05, 0) is 48.4 Å². The van der Waals surface area contributed by atoms with Crippen molar-refractivity contribution in [1.82, 2.24) is 0 Å². The van der Waals surface area contributed by atoms with Gasteiger partial charge in [-0.3, -0.25) is 0 Å². The van der Waals surface area contributed by atoms with E-state index in [1.54, 1.807) is 6.07 Å². The summed E-state index contributed by atoms with van der Waals surface area (Å²) in [5.41, 5.74) is 3.95. The number of para-hydroxylation sites is 2. The molecular formula is C28H27F3N2. The molecule has 5 rings (SSSR count). The first-order valence-electron chi connectivity index (χ1n) is 11.1. The topological polar surface area (TPSA) is 6.48 Å². The van der Waals surface area contributed by atoms with E-state index < -0.39 is 22.6 Å². The molecule has 0 amide bonds. The Morgan fingerprint density at radius 1 is 0.818 bits per heavy atom. The van der Waals surface area contributed by atoms with Crippen LogP contribution in [0.4, 0.5) is 35.9 Å². The quantitative estimate of drug-likeness (QED) is 0.365. The van der Waals surface area contributed by atoms with Crippen LogP contribution in [-0.2, 0) is 11.6 Å². The van der Waals surface area contributed by atoms with Crippen molar-refractivity contribution in [3.05, 3.63) is 96.1 Å². The summed E-state index contributed by atoms with van der Waals surface area (Å²) in [6.45, 7) is 12.7. The van der Waals surface area contributed by atoms with Crippen LogP contribution in [0.2, 0.25) is 0 Å². The summed E-state index contributed by atoms with van der Waals surface area (Å²) in [5, 5.41) is 0. The van der Waals surface area contributed by atoms with Crippen LogP contribution in [0.25, 0.3) is 0 Å². The molecule has 0 aromatic heterocycles. The molecule has 0 radical (unpaired) electrons. The lowest BCUT2D eigenvalue weighted by Crippen LogP contribution is -2.60. The lowest BCUT2D eigenvalue weighted by Gasteiger charge is -2.56. The molecule has 0 fully saturated rings. The maximum Gasteiger partial charge on any atom is 0.416 e. The summed E-state index contributed by atoms with van der Waals surface area (Å²) in [6, 6.07) is 20.1. The molecule has 3 aromatic carbocycles. The van der Waals surface area contributed by atoms with E-state index in [1.165, 1.54) is 12.1 Å². The predicted octanol–water partition coefficient (Wildman–Crippen LogP) is 8.11. The molecular weight excluding hydrogens is 421 g/mol. The zero-order valence-electron chi connectivity index (χ0n) is 19.2. The minimum Gasteiger partial charge on any atom is -0.317 e. The van der Waals surface area contributed by atoms with Crippen molar-refractivity contribution in [1.29, 1.82) is 0 Å². The molecule has 0 aliphatic carbocycles. The molecule has 2 aliphatic rings. The fraction of sp³-hybridized carbons (Fsp3) is 0.286. The molecule has 3 aromatic rings. The van der Waals surface area contributed by atoms with Gasteiger partial charge in [0.1, 0.15) is 6.17 Å². The van der Waals surface area contributed by atoms with Gasteiger partial charge in [0.15, 0.2) is 0 Å². The van der Waals surface area contributed by atoms with Crippen LogP contribution in [0.5, 0.6) is 0 Å². The van der Waals surface area contributed by atoms with Gasteiger partial charge >= 0.3 is 6.18 Å². The number of hydrogen-bond donors (Lipinski definition) is 0. The fourth-order valence-corrected chi connectivity index (χ4v) is 5.59. The van der Waals surface area contributed by atoms with Crippen molar-refractivity contribution < 1.29 is 13.2 Å². The number of hydrogen-bond acceptors (Lipinski definition) is 2. The summed E-state index contributed by atoms with van der Waals surface area (Å²) in [5.74, 6) is 0. The number of allylic oxidation sites excluding steroid dienone is 1. The van der Waals surface area contributed by atoms with Gasteiger partial charge in [-0.15, -0.1) is 6.58 Å². The minimum atomic E-state index is -4.42. The summed E-state index contributed by atoms with van der Waals surface area (Å²) >= 11 is 0. The third kappa shape index (κ3) is 2.81. The van der Waals surface area contributed by atoms with E-state index >= 15 is 0 Å². The van der Waals surface area contributed by atoms with Gasteiger partial charge in [-0.1, -0.05) is 63.2 Å². The number of benzene rings is 3. The molecule has 2 heterocycles. The standard InChI is InChI=1S/C28H27F3N2/c1-6-27(5)20-12-8-10-14-22(20)33-23-16-15-19(28(29,30)31)17-24(23)32(25(33)26(27,3)4)21-13-9-7-11-18(21)2/h6-17,25H,1H2,2-5H3. The van der Waals surface area contributed by atoms with Crippen molar-refractivity contribution in [3.8, 4) is 0 Å². The van der Waals surface area contributed by atoms with E-state index in [9.17, 15) is 13.2 Å². The highest BCUT2D eigenvalue weighted by Crippen LogP contribution is 2.63. The maximum atomic E-state index is 13.8. The Labute approximate surface area is 193 Å². The molecule has 0 saturated heterocycles. The predicted molar refractivity (Wildman–Crippen MR) is 128 cm³/mol. The molecule has 2 nitrogen and oxygen atoms in total. The molecule has 170 valence electrons. The first kappa shape index (κ1) is 21.6. The lowest BCUT2D eigenvalue weighted by molar-refractivity contribution is -0.137. The molecule has 0 N–H and O–H groups in total. The normalized spacial score (nSPS) is 23.1. The lowest BCUT2D eigenvalue weighted by atomic mass is 9.58. The van der Waals surface area contributed by atoms with E-state index in [1.807, 2.05) is 49.4 Å². The van der Waals surface area contributed by atoms with Crippen LogP contribution in [0.3, 0.4) is 0 Å². The summed E-state index contributed by atoms with van der Waals surface area (Å²) < 4.78 is 41.3. The number of alkyl halides is 3. The van der Waals surface area contributed by atoms with Gasteiger partial charge in [0.25, 0.3) is 0 Å². The van der Waals surface area contributed by atoms with Gasteiger partial charge < -0.3 is 9.80 Å². The largest absolute Gasteiger partial charge is 0.416 e. The highest BCUT2D eigenvalue weighted by Gasteiger charge is 2.58. The molecule has 5 heteroatoms. The highest BCUT2D eigenvalue weighted by molar-refractivity contribution is 5.92. The first-order chi connectivity index (χ1) is 15.5. The molecule has 0 saturated carbocycles. The van der Waals surface area contributed by atoms with Crippen LogP contribution in [0, 0.1) is 12.3 Å². The Morgan fingerprint density at radius 3 is 2.06 bits per heavy atom. The highest BCUT2D eigenvalue weighted by atomic mass is 19.4. The van der Waals surface area contributed by atoms with Crippen molar-refractivity contribution in [2.24, 2.45) is 5.41 Å². The summed E-state index contributed by atoms with van der Waals surface area (Å²) in [6.07, 6.45) is -2.67. The Hall–Kier alpha value is -3.21. The smallest absolute Gasteiger partial charge is 0.317 e. The number of aryl methyl sites for hydroxylation is 1. The number of rotatable bonds is 2. The zero-order valence-corrected chi connectivity index (χ0v) is 19.2. The van der Waals surface area contributed by atoms with Gasteiger partial charge in [-0.25, -0.2) is 0 Å². The van der Waals surface area contributed by atoms with Crippen molar-refractivity contribution in [2.45, 2.75) is 45.5 Å². The van der Waals surface area contributed by atoms with Crippen LogP contribution >= 0.6 is 0 Å². The molecule has 2 atom stereocenters. The van der Waals surface area contributed by atoms with Crippen molar-refractivity contribution in [2.75, 3.05) is 9.80 Å². The minimum absolute atomic E-state index is 0.241. The second kappa shape index (κ2) is 6.89. The van der Waals surface area contributed by atoms with Crippen LogP contribution < -0.4 is 9.80 Å². The Bertz CT molecular complexity index is 1260. The SMILES string of the molecule is C=CC1(C)c2ccccc2N2c3ccc(C(F)(F)F)cc3N(c3ccccc3C)C2C1(C)C. The second-order valence-electron chi connectivity index (χ2n) is 9.75. The number of nitrogens with zero attached hydrogens (tertiary/aromatic N) is 2. The van der Waals surface area contributed by atoms with Gasteiger partial charge in [0.2, 0.25) is 0 Å². The summed E-state index contributed by atoms with van der Waals surface area (Å²) in [4.78, 5) is 4.31. The molecule has 33 heavy (non-hydrogen) atoms. The third-order valence-corrected chi connectivity index (χ3v) is 7.80. The van der Waals surface area contributed by atoms with E-state index in [0.717, 1.165) is 28.2 Å². The summed E-state index contributed by atoms with van der Waals surface area (Å²) in [7, 11) is 0. The average molecular weight is 449 g/mol. The first-order valence-corrected chi connectivity index (χ1v) is 11.1. The molecule has 0 bridgehead atoms. The second-order valence-corrected chi connectivity index (χ2v) is 9.75. The average Bonchev–Trinajstić information content (AvgIpc) is 3.13. The van der Waals surface area contributed by atoms with Crippen LogP contribution in [-0.4, -0.2) is 6.17 Å². The number of halogens is 3. The van der Waals surface area contributed by atoms with Crippen molar-refractivity contribution >= 4 is 22.7 Å². The van der Waals surface area contributed by atoms with E-state index in [-0.39, 0.29) is 6.17 Å². The zero-order chi connectivity index (χ0) is 23.8. The monoisotopic (exact) mass is 448 g/mol. The maximum absolute atomic E-state index is 13.8. The van der Waals surface area contributed by atoms with Crippen molar-refractivity contribution in [3.63, 3.8) is 0 Å². The van der Waals surface area contributed by atoms with E-state index in [4.69, 9.17) is 0 Å². The third-order valence-electron chi connectivity index (χ3n) is 7.80. The molecule has 2 unspecified atom stereocenters. The number of fused-ring (bicyclic) bond motifs is 5. The van der Waals surface area contributed by atoms with E-state index in [2.05, 4.69) is 49.3 Å². The Morgan fingerprint density at radius 2 is 1.42 bits per heavy atom. The van der Waals surface area contributed by atoms with Gasteiger partial charge in [0.05, 0.1) is 16.9 Å². The number of anilines is 4. The van der Waals surface area contributed by atoms with E-state index in [0.29, 0.717) is 5.69 Å². The molecule has 0 spiro atoms. The van der Waals surface area contributed by atoms with Gasteiger partial charge in [-0.2, -0.15) is 13.2 Å². The fourth-order valence-electron chi connectivity index (χ4n) is 5.59. The Balaban J connectivity index is 1.87. The Kier molecular flexibility index (Phi) is 4.52. The van der Waals surface area contributed by atoms with Crippen LogP contribution in [0.1, 0.15) is 37.5 Å². The molecule has 2 aliphatic heterocycles. The van der Waals surface area contributed by atoms with Crippen LogP contribution in [0.15, 0.2) is 79.4 Å².